The highest BCUT2D eigenvalue weighted by atomic mass is 19.1. The predicted molar refractivity (Wildman–Crippen MR) is 77.0 cm³/mol. The molecule has 0 radical (unpaired) electrons. The van der Waals surface area contributed by atoms with E-state index in [4.69, 9.17) is 0 Å². The van der Waals surface area contributed by atoms with Crippen LogP contribution < -0.4 is 5.32 Å². The topological polar surface area (TPSA) is 75.5 Å². The first kappa shape index (κ1) is 15.2. The molecule has 0 unspecified atom stereocenters. The maximum Gasteiger partial charge on any atom is 0.285 e. The molecule has 114 valence electrons. The van der Waals surface area contributed by atoms with Crippen LogP contribution in [-0.4, -0.2) is 34.9 Å². The number of halogens is 1. The zero-order chi connectivity index (χ0) is 15.6. The average molecular weight is 295 g/mol. The zero-order valence-corrected chi connectivity index (χ0v) is 12.1. The van der Waals surface area contributed by atoms with Crippen molar-refractivity contribution in [3.05, 3.63) is 33.6 Å². The molecule has 7 heteroatoms. The lowest BCUT2D eigenvalue weighted by atomic mass is 10.1. The number of nitrogens with one attached hydrogen (secondary N) is 1. The Labute approximate surface area is 122 Å². The third-order valence-corrected chi connectivity index (χ3v) is 3.47. The van der Waals surface area contributed by atoms with Crippen molar-refractivity contribution < 1.29 is 14.1 Å². The van der Waals surface area contributed by atoms with Crippen LogP contribution in [0.3, 0.4) is 0 Å². The maximum absolute atomic E-state index is 13.8. The first-order chi connectivity index (χ1) is 9.99. The summed E-state index contributed by atoms with van der Waals surface area (Å²) in [6.45, 7) is 4.55. The maximum atomic E-state index is 13.8. The monoisotopic (exact) mass is 295 g/mol. The van der Waals surface area contributed by atoms with E-state index in [0.29, 0.717) is 13.1 Å². The van der Waals surface area contributed by atoms with Crippen LogP contribution in [0.15, 0.2) is 12.1 Å². The summed E-state index contributed by atoms with van der Waals surface area (Å²) in [5.41, 5.74) is -0.442. The van der Waals surface area contributed by atoms with Gasteiger partial charge in [0.15, 0.2) is 5.82 Å². The summed E-state index contributed by atoms with van der Waals surface area (Å²) >= 11 is 0. The van der Waals surface area contributed by atoms with Gasteiger partial charge in [-0.1, -0.05) is 0 Å². The van der Waals surface area contributed by atoms with Crippen LogP contribution in [0.2, 0.25) is 0 Å². The van der Waals surface area contributed by atoms with Crippen molar-refractivity contribution in [1.82, 2.24) is 4.90 Å². The van der Waals surface area contributed by atoms with Gasteiger partial charge in [0.05, 0.1) is 16.7 Å². The van der Waals surface area contributed by atoms with Crippen molar-refractivity contribution in [2.45, 2.75) is 32.7 Å². The molecule has 1 amide bonds. The van der Waals surface area contributed by atoms with Gasteiger partial charge < -0.3 is 10.2 Å². The molecule has 0 heterocycles. The van der Waals surface area contributed by atoms with E-state index in [9.17, 15) is 19.3 Å². The lowest BCUT2D eigenvalue weighted by Gasteiger charge is -2.20. The molecule has 0 aromatic heterocycles. The van der Waals surface area contributed by atoms with Gasteiger partial charge in [0.2, 0.25) is 0 Å². The minimum Gasteiger partial charge on any atom is -0.383 e. The first-order valence-corrected chi connectivity index (χ1v) is 7.02. The molecule has 1 aromatic rings. The molecule has 1 N–H and O–H groups in total. The fraction of sp³-hybridized carbons (Fsp3) is 0.500. The molecule has 21 heavy (non-hydrogen) atoms. The normalized spacial score (nSPS) is 13.9. The highest BCUT2D eigenvalue weighted by Crippen LogP contribution is 2.32. The Balaban J connectivity index is 2.45. The molecular formula is C14H18FN3O3. The Morgan fingerprint density at radius 1 is 1.48 bits per heavy atom. The summed E-state index contributed by atoms with van der Waals surface area (Å²) in [6.07, 6.45) is 1.82. The predicted octanol–water partition coefficient (Wildman–Crippen LogP) is 2.79. The molecule has 0 atom stereocenters. The van der Waals surface area contributed by atoms with Crippen LogP contribution in [0.4, 0.5) is 15.8 Å². The molecule has 1 aromatic carbocycles. The smallest absolute Gasteiger partial charge is 0.285 e. The molecule has 0 aliphatic heterocycles. The van der Waals surface area contributed by atoms with E-state index in [2.05, 4.69) is 5.32 Å². The van der Waals surface area contributed by atoms with Crippen LogP contribution in [-0.2, 0) is 0 Å². The van der Waals surface area contributed by atoms with Crippen molar-refractivity contribution in [3.63, 3.8) is 0 Å². The number of amides is 1. The summed E-state index contributed by atoms with van der Waals surface area (Å²) in [7, 11) is 0. The second kappa shape index (κ2) is 6.07. The Kier molecular flexibility index (Phi) is 4.40. The van der Waals surface area contributed by atoms with Crippen molar-refractivity contribution in [1.29, 1.82) is 0 Å². The van der Waals surface area contributed by atoms with Gasteiger partial charge in [-0.15, -0.1) is 0 Å². The molecule has 1 aliphatic carbocycles. The molecule has 6 nitrogen and oxygen atoms in total. The van der Waals surface area contributed by atoms with Gasteiger partial charge in [-0.3, -0.25) is 14.9 Å². The largest absolute Gasteiger partial charge is 0.383 e. The lowest BCUT2D eigenvalue weighted by Crippen LogP contribution is -2.33. The van der Waals surface area contributed by atoms with Gasteiger partial charge in [-0.05, 0) is 32.8 Å². The average Bonchev–Trinajstić information content (AvgIpc) is 3.26. The molecular weight excluding hydrogens is 277 g/mol. The number of hydrogen-bond acceptors (Lipinski definition) is 4. The fourth-order valence-corrected chi connectivity index (χ4v) is 2.32. The SMILES string of the molecule is CCNc1cc(C(=O)N(CC)C2CC2)c([N+](=O)[O-])cc1F. The third kappa shape index (κ3) is 3.12. The van der Waals surface area contributed by atoms with Crippen LogP contribution in [0.25, 0.3) is 0 Å². The van der Waals surface area contributed by atoms with E-state index in [-0.39, 0.29) is 17.3 Å². The molecule has 1 fully saturated rings. The van der Waals surface area contributed by atoms with E-state index in [1.165, 1.54) is 6.07 Å². The number of carbonyl (C=O) groups is 1. The van der Waals surface area contributed by atoms with Crippen molar-refractivity contribution in [3.8, 4) is 0 Å². The van der Waals surface area contributed by atoms with E-state index in [0.717, 1.165) is 18.9 Å². The van der Waals surface area contributed by atoms with Gasteiger partial charge in [-0.2, -0.15) is 0 Å². The van der Waals surface area contributed by atoms with Crippen molar-refractivity contribution in [2.75, 3.05) is 18.4 Å². The number of carbonyl (C=O) groups excluding carboxylic acids is 1. The highest BCUT2D eigenvalue weighted by Gasteiger charge is 2.35. The Morgan fingerprint density at radius 3 is 2.62 bits per heavy atom. The molecule has 0 spiro atoms. The van der Waals surface area contributed by atoms with Gasteiger partial charge in [0.25, 0.3) is 11.6 Å². The van der Waals surface area contributed by atoms with E-state index in [1.807, 2.05) is 6.92 Å². The zero-order valence-electron chi connectivity index (χ0n) is 12.1. The number of nitro benzene ring substituents is 1. The van der Waals surface area contributed by atoms with E-state index < -0.39 is 22.3 Å². The Morgan fingerprint density at radius 2 is 2.14 bits per heavy atom. The number of nitro groups is 1. The van der Waals surface area contributed by atoms with Crippen LogP contribution in [0, 0.1) is 15.9 Å². The number of anilines is 1. The number of nitrogens with zero attached hydrogens (tertiary/aromatic N) is 2. The summed E-state index contributed by atoms with van der Waals surface area (Å²) in [5.74, 6) is -1.14. The van der Waals surface area contributed by atoms with Gasteiger partial charge >= 0.3 is 0 Å². The lowest BCUT2D eigenvalue weighted by molar-refractivity contribution is -0.385. The second-order valence-corrected chi connectivity index (χ2v) is 4.96. The molecule has 1 aliphatic rings. The van der Waals surface area contributed by atoms with E-state index >= 15 is 0 Å². The first-order valence-electron chi connectivity index (χ1n) is 7.02. The minimum absolute atomic E-state index is 0.0638. The van der Waals surface area contributed by atoms with E-state index in [1.54, 1.807) is 11.8 Å². The molecule has 0 saturated heterocycles. The van der Waals surface area contributed by atoms with Crippen LogP contribution >= 0.6 is 0 Å². The van der Waals surface area contributed by atoms with Crippen LogP contribution in [0.1, 0.15) is 37.0 Å². The summed E-state index contributed by atoms with van der Waals surface area (Å²) in [5, 5.41) is 13.9. The van der Waals surface area contributed by atoms with Crippen molar-refractivity contribution in [2.24, 2.45) is 0 Å². The summed E-state index contributed by atoms with van der Waals surface area (Å²) in [6, 6.07) is 2.20. The number of rotatable bonds is 6. The minimum atomic E-state index is -0.727. The Hall–Kier alpha value is -2.18. The van der Waals surface area contributed by atoms with Crippen LogP contribution in [0.5, 0.6) is 0 Å². The van der Waals surface area contributed by atoms with Gasteiger partial charge in [0, 0.05) is 19.1 Å². The van der Waals surface area contributed by atoms with Crippen molar-refractivity contribution >= 4 is 17.3 Å². The highest BCUT2D eigenvalue weighted by molar-refractivity contribution is 5.99. The second-order valence-electron chi connectivity index (χ2n) is 4.96. The quantitative estimate of drug-likeness (QED) is 0.647. The fourth-order valence-electron chi connectivity index (χ4n) is 2.32. The third-order valence-electron chi connectivity index (χ3n) is 3.47. The molecule has 1 saturated carbocycles. The standard InChI is InChI=1S/C14H18FN3O3/c1-3-16-12-7-10(13(18(20)21)8-11(12)15)14(19)17(4-2)9-5-6-9/h7-9,16H,3-6H2,1-2H3. The van der Waals surface area contributed by atoms with Gasteiger partial charge in [-0.25, -0.2) is 4.39 Å². The molecule has 0 bridgehead atoms. The summed E-state index contributed by atoms with van der Waals surface area (Å²) in [4.78, 5) is 24.5. The Bertz CT molecular complexity index is 573. The summed E-state index contributed by atoms with van der Waals surface area (Å²) < 4.78 is 13.8. The number of hydrogen-bond donors (Lipinski definition) is 1. The number of benzene rings is 1. The van der Waals surface area contributed by atoms with Gasteiger partial charge in [0.1, 0.15) is 5.56 Å². The molecule has 2 rings (SSSR count).